The van der Waals surface area contributed by atoms with Crippen LogP contribution in [-0.2, 0) is 24.2 Å². The second kappa shape index (κ2) is 11.8. The normalized spacial score (nSPS) is 22.2. The number of benzene rings is 1. The van der Waals surface area contributed by atoms with Gasteiger partial charge in [0.15, 0.2) is 17.3 Å². The lowest BCUT2D eigenvalue weighted by atomic mass is 9.37. The van der Waals surface area contributed by atoms with Gasteiger partial charge in [0.05, 0.1) is 23.4 Å². The molecule has 1 saturated heterocycles. The molecule has 0 spiro atoms. The number of hydrogen-bond acceptors (Lipinski definition) is 10. The second-order valence-corrected chi connectivity index (χ2v) is 14.3. The summed E-state index contributed by atoms with van der Waals surface area (Å²) in [6.45, 7) is 4.14. The number of aromatic hydroxyl groups is 1. The minimum absolute atomic E-state index is 0.0404. The molecule has 2 bridgehead atoms. The first-order valence-corrected chi connectivity index (χ1v) is 17.2. The smallest absolute Gasteiger partial charge is 0.453 e. The number of alkyl halides is 5. The van der Waals surface area contributed by atoms with Crippen LogP contribution in [-0.4, -0.2) is 101 Å². The number of nitrogens with zero attached hydrogens (tertiary/aromatic N) is 8. The van der Waals surface area contributed by atoms with Gasteiger partial charge < -0.3 is 29.5 Å². The molecule has 19 heteroatoms. The average molecular weight is 744 g/mol. The Kier molecular flexibility index (Phi) is 7.74. The number of fused-ring (bicyclic) bond motifs is 2. The first-order chi connectivity index (χ1) is 25.1. The summed E-state index contributed by atoms with van der Waals surface area (Å²) in [5.41, 5.74) is -1.64. The number of hydrogen-bond donors (Lipinski definition) is 2. The van der Waals surface area contributed by atoms with Crippen molar-refractivity contribution in [3.8, 4) is 22.9 Å². The van der Waals surface area contributed by atoms with Crippen LogP contribution in [0.1, 0.15) is 53.6 Å². The zero-order chi connectivity index (χ0) is 37.7. The molecule has 4 fully saturated rings. The molecule has 280 valence electrons. The van der Waals surface area contributed by atoms with Crippen molar-refractivity contribution in [1.29, 1.82) is 0 Å². The number of aromatic nitrogens is 6. The fraction of sp³-hybridized carbons (Fsp3) is 0.500. The van der Waals surface area contributed by atoms with Crippen molar-refractivity contribution in [2.24, 2.45) is 5.41 Å². The molecule has 53 heavy (non-hydrogen) atoms. The van der Waals surface area contributed by atoms with E-state index < -0.39 is 66.2 Å². The number of amides is 2. The summed E-state index contributed by atoms with van der Waals surface area (Å²) >= 11 is 0. The zero-order valence-electron chi connectivity index (χ0n) is 28.6. The third-order valence-electron chi connectivity index (χ3n) is 11.0. The van der Waals surface area contributed by atoms with E-state index >= 15 is 0 Å². The van der Waals surface area contributed by atoms with Gasteiger partial charge in [-0.15, -0.1) is 5.10 Å². The summed E-state index contributed by atoms with van der Waals surface area (Å²) in [4.78, 5) is 56.9. The van der Waals surface area contributed by atoms with E-state index in [1.54, 1.807) is 30.9 Å². The number of rotatable bonds is 8. The molecular formula is C34H34F5N9O5. The molecule has 0 atom stereocenters. The van der Waals surface area contributed by atoms with Crippen LogP contribution in [0.25, 0.3) is 17.2 Å². The number of carbonyl (C=O) groups is 2. The summed E-state index contributed by atoms with van der Waals surface area (Å²) in [6, 6.07) is 5.40. The molecule has 5 heterocycles. The highest BCUT2D eigenvalue weighted by Crippen LogP contribution is 2.75. The molecule has 14 nitrogen and oxygen atoms in total. The predicted molar refractivity (Wildman–Crippen MR) is 176 cm³/mol. The largest absolute Gasteiger partial charge is 0.504 e. The monoisotopic (exact) mass is 743 g/mol. The molecule has 4 aromatic rings. The van der Waals surface area contributed by atoms with Crippen molar-refractivity contribution in [3.63, 3.8) is 0 Å². The number of piperazine rings is 1. The van der Waals surface area contributed by atoms with Gasteiger partial charge in [0.1, 0.15) is 24.3 Å². The van der Waals surface area contributed by atoms with Crippen molar-refractivity contribution in [1.82, 2.24) is 39.3 Å². The number of halogens is 5. The minimum atomic E-state index is -5.69. The Bertz CT molecular complexity index is 2230. The van der Waals surface area contributed by atoms with E-state index in [1.165, 1.54) is 15.8 Å². The summed E-state index contributed by atoms with van der Waals surface area (Å²) in [6.07, 6.45) is -5.10. The first kappa shape index (κ1) is 34.7. The second-order valence-electron chi connectivity index (χ2n) is 14.3. The van der Waals surface area contributed by atoms with Gasteiger partial charge in [0.25, 0.3) is 11.5 Å². The molecular weight excluding hydrogens is 709 g/mol. The molecule has 0 unspecified atom stereocenters. The van der Waals surface area contributed by atoms with E-state index in [9.17, 15) is 41.4 Å². The predicted octanol–water partition coefficient (Wildman–Crippen LogP) is 3.06. The van der Waals surface area contributed by atoms with Crippen LogP contribution in [0.5, 0.6) is 11.5 Å². The molecule has 1 aromatic carbocycles. The van der Waals surface area contributed by atoms with Crippen molar-refractivity contribution >= 4 is 23.3 Å². The highest BCUT2D eigenvalue weighted by molar-refractivity contribution is 5.95. The van der Waals surface area contributed by atoms with Gasteiger partial charge in [-0.3, -0.25) is 14.4 Å². The lowest BCUT2D eigenvalue weighted by Crippen LogP contribution is -2.81. The van der Waals surface area contributed by atoms with E-state index in [2.05, 4.69) is 25.4 Å². The van der Waals surface area contributed by atoms with Crippen LogP contribution in [0, 0.1) is 12.3 Å². The summed E-state index contributed by atoms with van der Waals surface area (Å²) in [5.74, 6) is -5.36. The molecule has 9 rings (SSSR count). The lowest BCUT2D eigenvalue weighted by Gasteiger charge is -2.72. The SMILES string of the molecule is CCc1c(N2CCN(C(=O)c3ncnc(C)c3O)CC2)c(=O)n2nc(-c3ccc4c(c3)CCO4)nc2n1CC(=O)NC12CC(C(F)(F)C(F)(F)F)(C1)C2. The quantitative estimate of drug-likeness (QED) is 0.257. The number of nitrogens with one attached hydrogen (secondary N) is 1. The van der Waals surface area contributed by atoms with Gasteiger partial charge in [-0.2, -0.15) is 31.5 Å². The van der Waals surface area contributed by atoms with E-state index in [1.807, 2.05) is 6.07 Å². The average Bonchev–Trinajstić information content (AvgIpc) is 3.75. The lowest BCUT2D eigenvalue weighted by molar-refractivity contribution is -0.387. The maximum Gasteiger partial charge on any atom is 0.453 e. The van der Waals surface area contributed by atoms with Crippen LogP contribution in [0.2, 0.25) is 0 Å². The number of anilines is 1. The topological polar surface area (TPSA) is 160 Å². The minimum Gasteiger partial charge on any atom is -0.504 e. The standard InChI is InChI=1S/C34H34F5N9O5/c1-3-21-25(45-7-9-46(10-8-45)28(51)24-26(50)18(2)40-17-41-24)29(52)48-30(42-27(44-48)20-4-5-22-19(12-20)6-11-53-22)47(21)13-23(49)43-32-14-31(15-32,16-32)33(35,36)34(37,38)39/h4-5,12,17,50H,3,6-11,13-16H2,1-2H3,(H,43,49). The molecule has 3 saturated carbocycles. The van der Waals surface area contributed by atoms with Gasteiger partial charge in [-0.25, -0.2) is 9.97 Å². The molecule has 2 aliphatic heterocycles. The van der Waals surface area contributed by atoms with Crippen molar-refractivity contribution < 1.29 is 41.4 Å². The number of aryl methyl sites for hydroxylation is 1. The van der Waals surface area contributed by atoms with E-state index in [0.717, 1.165) is 15.8 Å². The zero-order valence-corrected chi connectivity index (χ0v) is 28.6. The Balaban J connectivity index is 1.11. The Hall–Kier alpha value is -5.36. The maximum absolute atomic E-state index is 14.3. The molecule has 2 amide bonds. The molecule has 0 radical (unpaired) electrons. The summed E-state index contributed by atoms with van der Waals surface area (Å²) in [7, 11) is 0. The summed E-state index contributed by atoms with van der Waals surface area (Å²) in [5, 5.41) is 17.6. The van der Waals surface area contributed by atoms with Crippen LogP contribution < -0.4 is 20.5 Å². The van der Waals surface area contributed by atoms with Gasteiger partial charge >= 0.3 is 12.1 Å². The van der Waals surface area contributed by atoms with Crippen molar-refractivity contribution in [2.75, 3.05) is 37.7 Å². The highest BCUT2D eigenvalue weighted by Gasteiger charge is 2.84. The van der Waals surface area contributed by atoms with Crippen LogP contribution in [0.3, 0.4) is 0 Å². The molecule has 2 N–H and O–H groups in total. The number of ether oxygens (including phenoxy) is 1. The maximum atomic E-state index is 14.3. The van der Waals surface area contributed by atoms with Crippen LogP contribution >= 0.6 is 0 Å². The van der Waals surface area contributed by atoms with Crippen molar-refractivity contribution in [3.05, 3.63) is 57.5 Å². The first-order valence-electron chi connectivity index (χ1n) is 17.2. The third-order valence-corrected chi connectivity index (χ3v) is 11.0. The van der Waals surface area contributed by atoms with Crippen LogP contribution in [0.15, 0.2) is 29.3 Å². The Morgan fingerprint density at radius 3 is 2.45 bits per heavy atom. The number of carbonyl (C=O) groups excluding carboxylic acids is 2. The third kappa shape index (κ3) is 5.28. The molecule has 3 aliphatic carbocycles. The molecule has 5 aliphatic rings. The fourth-order valence-corrected chi connectivity index (χ4v) is 8.32. The van der Waals surface area contributed by atoms with Gasteiger partial charge in [0, 0.05) is 43.7 Å². The Morgan fingerprint density at radius 1 is 1.06 bits per heavy atom. The van der Waals surface area contributed by atoms with E-state index in [4.69, 9.17) is 4.74 Å². The summed E-state index contributed by atoms with van der Waals surface area (Å²) < 4.78 is 76.1. The van der Waals surface area contributed by atoms with Crippen molar-refractivity contribution in [2.45, 2.75) is 70.1 Å². The van der Waals surface area contributed by atoms with Gasteiger partial charge in [-0.05, 0) is 56.4 Å². The molecule has 3 aromatic heterocycles. The van der Waals surface area contributed by atoms with Crippen LogP contribution in [0.4, 0.5) is 27.6 Å². The Labute approximate surface area is 297 Å². The van der Waals surface area contributed by atoms with Gasteiger partial charge in [-0.1, -0.05) is 6.92 Å². The Morgan fingerprint density at radius 2 is 1.77 bits per heavy atom. The fourth-order valence-electron chi connectivity index (χ4n) is 8.32. The van der Waals surface area contributed by atoms with E-state index in [0.29, 0.717) is 24.3 Å². The van der Waals surface area contributed by atoms with E-state index in [-0.39, 0.29) is 67.0 Å². The highest BCUT2D eigenvalue weighted by atomic mass is 19.4. The van der Waals surface area contributed by atoms with Gasteiger partial charge in [0.2, 0.25) is 11.7 Å².